The smallest absolute Gasteiger partial charge is 0.188 e. The molecule has 3 N–H and O–H groups in total. The molecule has 2 aromatic rings. The monoisotopic (exact) mass is 347 g/mol. The van der Waals surface area contributed by atoms with Gasteiger partial charge in [-0.2, -0.15) is 0 Å². The summed E-state index contributed by atoms with van der Waals surface area (Å²) < 4.78 is 10.7. The highest BCUT2D eigenvalue weighted by Crippen LogP contribution is 2.14. The number of benzene rings is 1. The van der Waals surface area contributed by atoms with Gasteiger partial charge in [0.05, 0.1) is 13.2 Å². The number of guanidine groups is 1. The minimum atomic E-state index is 0.470. The van der Waals surface area contributed by atoms with Gasteiger partial charge in [-0.1, -0.05) is 18.2 Å². The van der Waals surface area contributed by atoms with Crippen molar-refractivity contribution in [1.82, 2.24) is 5.32 Å². The van der Waals surface area contributed by atoms with E-state index in [1.165, 1.54) is 4.88 Å². The van der Waals surface area contributed by atoms with E-state index < -0.39 is 0 Å². The largest absolute Gasteiger partial charge is 0.493 e. The van der Waals surface area contributed by atoms with E-state index in [0.29, 0.717) is 25.7 Å². The second-order valence-electron chi connectivity index (χ2n) is 5.30. The van der Waals surface area contributed by atoms with Crippen molar-refractivity contribution in [2.75, 3.05) is 26.9 Å². The van der Waals surface area contributed by atoms with Crippen molar-refractivity contribution in [3.8, 4) is 5.75 Å². The van der Waals surface area contributed by atoms with E-state index in [1.807, 2.05) is 24.3 Å². The van der Waals surface area contributed by atoms with E-state index in [-0.39, 0.29) is 0 Å². The molecule has 0 saturated carbocycles. The van der Waals surface area contributed by atoms with Crippen molar-refractivity contribution in [3.05, 3.63) is 52.2 Å². The molecule has 0 atom stereocenters. The molecular weight excluding hydrogens is 322 g/mol. The minimum Gasteiger partial charge on any atom is -0.493 e. The summed E-state index contributed by atoms with van der Waals surface area (Å²) in [6.45, 7) is 2.68. The number of hydrogen-bond donors (Lipinski definition) is 2. The van der Waals surface area contributed by atoms with Gasteiger partial charge in [-0.15, -0.1) is 11.3 Å². The Morgan fingerprint density at radius 2 is 2.17 bits per heavy atom. The lowest BCUT2D eigenvalue weighted by molar-refractivity contribution is 0.172. The van der Waals surface area contributed by atoms with Crippen molar-refractivity contribution < 1.29 is 9.47 Å². The van der Waals surface area contributed by atoms with Gasteiger partial charge >= 0.3 is 0 Å². The Morgan fingerprint density at radius 1 is 1.25 bits per heavy atom. The van der Waals surface area contributed by atoms with Crippen molar-refractivity contribution in [3.63, 3.8) is 0 Å². The number of rotatable bonds is 10. The number of hydrogen-bond acceptors (Lipinski definition) is 4. The Balaban J connectivity index is 1.73. The molecule has 0 saturated heterocycles. The first-order chi connectivity index (χ1) is 11.8. The van der Waals surface area contributed by atoms with Gasteiger partial charge in [0.15, 0.2) is 5.96 Å². The second kappa shape index (κ2) is 10.7. The van der Waals surface area contributed by atoms with E-state index >= 15 is 0 Å². The fraction of sp³-hybridized carbons (Fsp3) is 0.389. The van der Waals surface area contributed by atoms with Crippen LogP contribution in [0.4, 0.5) is 0 Å². The summed E-state index contributed by atoms with van der Waals surface area (Å²) >= 11 is 1.75. The van der Waals surface area contributed by atoms with Crippen LogP contribution in [-0.2, 0) is 17.7 Å². The molecule has 1 aromatic carbocycles. The van der Waals surface area contributed by atoms with E-state index in [4.69, 9.17) is 15.2 Å². The Kier molecular flexibility index (Phi) is 8.13. The maximum absolute atomic E-state index is 5.91. The minimum absolute atomic E-state index is 0.470. The van der Waals surface area contributed by atoms with Crippen LogP contribution in [0.1, 0.15) is 16.9 Å². The van der Waals surface area contributed by atoms with Gasteiger partial charge in [0, 0.05) is 31.6 Å². The van der Waals surface area contributed by atoms with Crippen molar-refractivity contribution in [2.45, 2.75) is 19.4 Å². The maximum Gasteiger partial charge on any atom is 0.188 e. The third kappa shape index (κ3) is 7.02. The summed E-state index contributed by atoms with van der Waals surface area (Å²) in [6, 6.07) is 12.1. The molecule has 0 aliphatic rings. The fourth-order valence-corrected chi connectivity index (χ4v) is 2.84. The highest BCUT2D eigenvalue weighted by atomic mass is 32.1. The second-order valence-corrected chi connectivity index (χ2v) is 6.33. The van der Waals surface area contributed by atoms with Crippen LogP contribution in [-0.4, -0.2) is 32.8 Å². The summed E-state index contributed by atoms with van der Waals surface area (Å²) in [5, 5.41) is 5.22. The van der Waals surface area contributed by atoms with Crippen LogP contribution >= 0.6 is 11.3 Å². The molecule has 130 valence electrons. The molecule has 1 heterocycles. The predicted molar refractivity (Wildman–Crippen MR) is 99.8 cm³/mol. The Bertz CT molecular complexity index is 614. The molecule has 1 aromatic heterocycles. The Hall–Kier alpha value is -2.05. The number of thiophene rings is 1. The van der Waals surface area contributed by atoms with Gasteiger partial charge < -0.3 is 20.5 Å². The molecule has 0 aliphatic heterocycles. The van der Waals surface area contributed by atoms with Crippen LogP contribution in [0.15, 0.2) is 46.8 Å². The van der Waals surface area contributed by atoms with Crippen LogP contribution in [0.3, 0.4) is 0 Å². The summed E-state index contributed by atoms with van der Waals surface area (Å²) in [5.74, 6) is 1.32. The van der Waals surface area contributed by atoms with Crippen LogP contribution in [0.2, 0.25) is 0 Å². The first-order valence-corrected chi connectivity index (χ1v) is 8.93. The highest BCUT2D eigenvalue weighted by Gasteiger charge is 1.99. The quantitative estimate of drug-likeness (QED) is 0.394. The Morgan fingerprint density at radius 3 is 2.96 bits per heavy atom. The lowest BCUT2D eigenvalue weighted by Gasteiger charge is -2.08. The zero-order chi connectivity index (χ0) is 17.0. The van der Waals surface area contributed by atoms with Gasteiger partial charge in [-0.25, -0.2) is 4.99 Å². The van der Waals surface area contributed by atoms with Crippen LogP contribution < -0.4 is 15.8 Å². The number of aliphatic imine (C=N–C) groups is 1. The Labute approximate surface area is 147 Å². The molecule has 0 bridgehead atoms. The molecule has 6 heteroatoms. The van der Waals surface area contributed by atoms with Crippen LogP contribution in [0, 0.1) is 0 Å². The molecule has 0 spiro atoms. The van der Waals surface area contributed by atoms with E-state index in [1.54, 1.807) is 18.4 Å². The number of ether oxygens (including phenoxy) is 2. The lowest BCUT2D eigenvalue weighted by Crippen LogP contribution is -2.33. The topological polar surface area (TPSA) is 68.9 Å². The number of nitrogens with two attached hydrogens (primary N) is 1. The molecule has 5 nitrogen and oxygen atoms in total. The summed E-state index contributed by atoms with van der Waals surface area (Å²) in [7, 11) is 1.69. The van der Waals surface area contributed by atoms with E-state index in [0.717, 1.165) is 30.7 Å². The van der Waals surface area contributed by atoms with Gasteiger partial charge in [0.25, 0.3) is 0 Å². The van der Waals surface area contributed by atoms with E-state index in [9.17, 15) is 0 Å². The van der Waals surface area contributed by atoms with Gasteiger partial charge in [-0.3, -0.25) is 0 Å². The molecule has 0 fully saturated rings. The van der Waals surface area contributed by atoms with Gasteiger partial charge in [-0.05, 0) is 35.6 Å². The van der Waals surface area contributed by atoms with Gasteiger partial charge in [0.2, 0.25) is 0 Å². The van der Waals surface area contributed by atoms with Crippen molar-refractivity contribution in [1.29, 1.82) is 0 Å². The number of methoxy groups -OCH3 is 1. The predicted octanol–water partition coefficient (Wildman–Crippen LogP) is 2.81. The standard InChI is InChI=1S/C18H25N3O2S/c1-22-10-4-11-23-16-6-2-5-15(13-16)14-21-18(19)20-9-8-17-7-3-12-24-17/h2-3,5-7,12-13H,4,8-11,14H2,1H3,(H3,19,20,21). The summed E-state index contributed by atoms with van der Waals surface area (Å²) in [5.41, 5.74) is 6.98. The normalized spacial score (nSPS) is 11.5. The molecule has 2 rings (SSSR count). The molecular formula is C18H25N3O2S. The molecule has 0 unspecified atom stereocenters. The number of nitrogens with zero attached hydrogens (tertiary/aromatic N) is 1. The van der Waals surface area contributed by atoms with Crippen molar-refractivity contribution >= 4 is 17.3 Å². The maximum atomic E-state index is 5.91. The van der Waals surface area contributed by atoms with E-state index in [2.05, 4.69) is 27.8 Å². The average Bonchev–Trinajstić information content (AvgIpc) is 3.11. The van der Waals surface area contributed by atoms with Crippen molar-refractivity contribution in [2.24, 2.45) is 10.7 Å². The fourth-order valence-electron chi connectivity index (χ4n) is 2.13. The highest BCUT2D eigenvalue weighted by molar-refractivity contribution is 7.09. The average molecular weight is 347 g/mol. The van der Waals surface area contributed by atoms with Crippen LogP contribution in [0.5, 0.6) is 5.75 Å². The zero-order valence-corrected chi connectivity index (χ0v) is 14.8. The molecule has 0 radical (unpaired) electrons. The third-order valence-corrected chi connectivity index (χ3v) is 4.29. The lowest BCUT2D eigenvalue weighted by atomic mass is 10.2. The zero-order valence-electron chi connectivity index (χ0n) is 14.0. The van der Waals surface area contributed by atoms with Crippen LogP contribution in [0.25, 0.3) is 0 Å². The molecule has 0 amide bonds. The molecule has 0 aliphatic carbocycles. The summed E-state index contributed by atoms with van der Waals surface area (Å²) in [6.07, 6.45) is 1.83. The summed E-state index contributed by atoms with van der Waals surface area (Å²) in [4.78, 5) is 5.72. The van der Waals surface area contributed by atoms with Gasteiger partial charge in [0.1, 0.15) is 5.75 Å². The first-order valence-electron chi connectivity index (χ1n) is 8.05. The third-order valence-electron chi connectivity index (χ3n) is 3.35. The SMILES string of the molecule is COCCCOc1cccc(CN=C(N)NCCc2cccs2)c1. The molecule has 24 heavy (non-hydrogen) atoms. The number of nitrogens with one attached hydrogen (secondary N) is 1. The first kappa shape index (κ1) is 18.3.